The molecule has 1 aromatic heterocycles. The SMILES string of the molecule is CC(C)CC(=O)NNC(=O)c1ccc(CSc2nc3ccccc3[nH]2)cc1. The Kier molecular flexibility index (Phi) is 6.13. The van der Waals surface area contributed by atoms with Crippen molar-refractivity contribution in [3.63, 3.8) is 0 Å². The summed E-state index contributed by atoms with van der Waals surface area (Å²) in [5.74, 6) is 0.457. The summed E-state index contributed by atoms with van der Waals surface area (Å²) in [4.78, 5) is 31.5. The molecule has 0 aliphatic carbocycles. The molecule has 0 atom stereocenters. The van der Waals surface area contributed by atoms with E-state index in [1.165, 1.54) is 0 Å². The minimum Gasteiger partial charge on any atom is -0.333 e. The van der Waals surface area contributed by atoms with Gasteiger partial charge >= 0.3 is 0 Å². The van der Waals surface area contributed by atoms with Crippen molar-refractivity contribution in [2.45, 2.75) is 31.2 Å². The number of para-hydroxylation sites is 2. The number of carbonyl (C=O) groups excluding carboxylic acids is 2. The third-order valence-corrected chi connectivity index (χ3v) is 4.81. The molecule has 0 radical (unpaired) electrons. The number of aromatic amines is 1. The minimum absolute atomic E-state index is 0.197. The van der Waals surface area contributed by atoms with Gasteiger partial charge in [-0.05, 0) is 35.7 Å². The third kappa shape index (κ3) is 5.34. The number of fused-ring (bicyclic) bond motifs is 1. The van der Waals surface area contributed by atoms with E-state index in [9.17, 15) is 9.59 Å². The van der Waals surface area contributed by atoms with Crippen LogP contribution in [0.4, 0.5) is 0 Å². The van der Waals surface area contributed by atoms with Crippen LogP contribution in [0.15, 0.2) is 53.7 Å². The largest absolute Gasteiger partial charge is 0.333 e. The summed E-state index contributed by atoms with van der Waals surface area (Å²) in [6, 6.07) is 15.2. The molecule has 2 aromatic carbocycles. The first kappa shape index (κ1) is 19.0. The van der Waals surface area contributed by atoms with Crippen molar-refractivity contribution in [1.82, 2.24) is 20.8 Å². The average Bonchev–Trinajstić information content (AvgIpc) is 3.07. The molecule has 0 unspecified atom stereocenters. The van der Waals surface area contributed by atoms with Crippen LogP contribution in [0.3, 0.4) is 0 Å². The van der Waals surface area contributed by atoms with Gasteiger partial charge in [0.25, 0.3) is 5.91 Å². The lowest BCUT2D eigenvalue weighted by Crippen LogP contribution is -2.41. The maximum Gasteiger partial charge on any atom is 0.269 e. The fourth-order valence-corrected chi connectivity index (χ4v) is 3.36. The molecule has 140 valence electrons. The van der Waals surface area contributed by atoms with E-state index < -0.39 is 0 Å². The molecule has 0 fully saturated rings. The number of aromatic nitrogens is 2. The van der Waals surface area contributed by atoms with E-state index in [2.05, 4.69) is 20.8 Å². The normalized spacial score (nSPS) is 10.9. The third-order valence-electron chi connectivity index (χ3n) is 3.87. The Morgan fingerprint density at radius 3 is 2.52 bits per heavy atom. The topological polar surface area (TPSA) is 86.9 Å². The fraction of sp³-hybridized carbons (Fsp3) is 0.250. The number of thioether (sulfide) groups is 1. The summed E-state index contributed by atoms with van der Waals surface area (Å²) in [6.45, 7) is 3.90. The smallest absolute Gasteiger partial charge is 0.269 e. The lowest BCUT2D eigenvalue weighted by Gasteiger charge is -2.09. The maximum absolute atomic E-state index is 12.1. The van der Waals surface area contributed by atoms with Crippen molar-refractivity contribution in [2.24, 2.45) is 5.92 Å². The number of carbonyl (C=O) groups is 2. The molecule has 0 saturated heterocycles. The maximum atomic E-state index is 12.1. The summed E-state index contributed by atoms with van der Waals surface area (Å²) in [5.41, 5.74) is 8.42. The molecule has 7 heteroatoms. The summed E-state index contributed by atoms with van der Waals surface area (Å²) < 4.78 is 0. The van der Waals surface area contributed by atoms with Gasteiger partial charge in [0, 0.05) is 17.7 Å². The first-order valence-electron chi connectivity index (χ1n) is 8.77. The van der Waals surface area contributed by atoms with Crippen molar-refractivity contribution < 1.29 is 9.59 Å². The zero-order valence-corrected chi connectivity index (χ0v) is 16.1. The molecule has 0 aliphatic heterocycles. The van der Waals surface area contributed by atoms with E-state index in [1.807, 2.05) is 50.2 Å². The Bertz CT molecular complexity index is 902. The van der Waals surface area contributed by atoms with Gasteiger partial charge in [-0.3, -0.25) is 20.4 Å². The molecule has 0 saturated carbocycles. The number of imidazole rings is 1. The van der Waals surface area contributed by atoms with Crippen LogP contribution in [0.25, 0.3) is 11.0 Å². The van der Waals surface area contributed by atoms with Crippen molar-refractivity contribution in [2.75, 3.05) is 0 Å². The van der Waals surface area contributed by atoms with Crippen molar-refractivity contribution in [1.29, 1.82) is 0 Å². The first-order chi connectivity index (χ1) is 13.0. The van der Waals surface area contributed by atoms with Crippen LogP contribution in [-0.4, -0.2) is 21.8 Å². The summed E-state index contributed by atoms with van der Waals surface area (Å²) in [7, 11) is 0. The second-order valence-electron chi connectivity index (χ2n) is 6.64. The number of hydrogen-bond acceptors (Lipinski definition) is 4. The monoisotopic (exact) mass is 382 g/mol. The minimum atomic E-state index is -0.330. The fourth-order valence-electron chi connectivity index (χ4n) is 2.52. The van der Waals surface area contributed by atoms with E-state index in [-0.39, 0.29) is 17.7 Å². The highest BCUT2D eigenvalue weighted by molar-refractivity contribution is 7.98. The van der Waals surface area contributed by atoms with Crippen LogP contribution < -0.4 is 10.9 Å². The molecule has 1 heterocycles. The van der Waals surface area contributed by atoms with Crippen LogP contribution in [0.2, 0.25) is 0 Å². The molecule has 0 aliphatic rings. The van der Waals surface area contributed by atoms with Gasteiger partial charge in [0.2, 0.25) is 5.91 Å². The number of rotatable bonds is 6. The highest BCUT2D eigenvalue weighted by atomic mass is 32.2. The lowest BCUT2D eigenvalue weighted by atomic mass is 10.1. The zero-order valence-electron chi connectivity index (χ0n) is 15.3. The second kappa shape index (κ2) is 8.73. The summed E-state index contributed by atoms with van der Waals surface area (Å²) >= 11 is 1.61. The van der Waals surface area contributed by atoms with E-state index in [1.54, 1.807) is 23.9 Å². The van der Waals surface area contributed by atoms with E-state index >= 15 is 0 Å². The number of hydrazine groups is 1. The Labute approximate surface area is 162 Å². The number of nitrogens with one attached hydrogen (secondary N) is 3. The predicted octanol–water partition coefficient (Wildman–Crippen LogP) is 3.66. The number of hydrogen-bond donors (Lipinski definition) is 3. The Hall–Kier alpha value is -2.80. The molecule has 2 amide bonds. The number of H-pyrrole nitrogens is 1. The number of nitrogens with zero attached hydrogens (tertiary/aromatic N) is 1. The number of amides is 2. The standard InChI is InChI=1S/C20H22N4O2S/c1-13(2)11-18(25)23-24-19(26)15-9-7-14(8-10-15)12-27-20-21-16-5-3-4-6-17(16)22-20/h3-10,13H,11-12H2,1-2H3,(H,21,22)(H,23,25)(H,24,26). The van der Waals surface area contributed by atoms with Crippen LogP contribution in [0.1, 0.15) is 36.2 Å². The van der Waals surface area contributed by atoms with Crippen molar-refractivity contribution in [3.8, 4) is 0 Å². The van der Waals surface area contributed by atoms with E-state index in [4.69, 9.17) is 0 Å². The van der Waals surface area contributed by atoms with Gasteiger partial charge < -0.3 is 4.98 Å². The van der Waals surface area contributed by atoms with Gasteiger partial charge in [0.1, 0.15) is 0 Å². The molecule has 0 spiro atoms. The Morgan fingerprint density at radius 2 is 1.81 bits per heavy atom. The van der Waals surface area contributed by atoms with Gasteiger partial charge in [0.15, 0.2) is 5.16 Å². The highest BCUT2D eigenvalue weighted by Crippen LogP contribution is 2.23. The van der Waals surface area contributed by atoms with Crippen LogP contribution >= 0.6 is 11.8 Å². The molecule has 0 bridgehead atoms. The zero-order chi connectivity index (χ0) is 19.2. The quantitative estimate of drug-likeness (QED) is 0.448. The van der Waals surface area contributed by atoms with Crippen LogP contribution in [0, 0.1) is 5.92 Å². The average molecular weight is 382 g/mol. The van der Waals surface area contributed by atoms with Crippen LogP contribution in [-0.2, 0) is 10.5 Å². The Morgan fingerprint density at radius 1 is 1.07 bits per heavy atom. The predicted molar refractivity (Wildman–Crippen MR) is 107 cm³/mol. The molecular weight excluding hydrogens is 360 g/mol. The molecule has 6 nitrogen and oxygen atoms in total. The molecule has 3 N–H and O–H groups in total. The van der Waals surface area contributed by atoms with Gasteiger partial charge in [-0.2, -0.15) is 0 Å². The van der Waals surface area contributed by atoms with Gasteiger partial charge in [-0.25, -0.2) is 4.98 Å². The van der Waals surface area contributed by atoms with Crippen molar-refractivity contribution in [3.05, 3.63) is 59.7 Å². The molecule has 27 heavy (non-hydrogen) atoms. The molecule has 3 rings (SSSR count). The molecular formula is C20H22N4O2S. The lowest BCUT2D eigenvalue weighted by molar-refractivity contribution is -0.122. The molecule has 3 aromatic rings. The van der Waals surface area contributed by atoms with Gasteiger partial charge in [-0.1, -0.05) is 49.9 Å². The first-order valence-corrected chi connectivity index (χ1v) is 9.75. The van der Waals surface area contributed by atoms with Gasteiger partial charge in [0.05, 0.1) is 11.0 Å². The number of benzene rings is 2. The van der Waals surface area contributed by atoms with Gasteiger partial charge in [-0.15, -0.1) is 0 Å². The Balaban J connectivity index is 1.52. The highest BCUT2D eigenvalue weighted by Gasteiger charge is 2.09. The van der Waals surface area contributed by atoms with Crippen LogP contribution in [0.5, 0.6) is 0 Å². The van der Waals surface area contributed by atoms with E-state index in [0.717, 1.165) is 27.5 Å². The van der Waals surface area contributed by atoms with E-state index in [0.29, 0.717) is 12.0 Å². The summed E-state index contributed by atoms with van der Waals surface area (Å²) in [5, 5.41) is 0.867. The van der Waals surface area contributed by atoms with Crippen molar-refractivity contribution >= 4 is 34.6 Å². The second-order valence-corrected chi connectivity index (χ2v) is 7.61. The summed E-state index contributed by atoms with van der Waals surface area (Å²) in [6.07, 6.45) is 0.373.